The average molecular weight is 545 g/mol. The number of unbranched alkanes of at least 4 members (excludes halogenated alkanes) is 2. The molecule has 6 nitrogen and oxygen atoms in total. The molecule has 1 aliphatic rings. The molecule has 0 fully saturated rings. The Kier molecular flexibility index (Phi) is 11.9. The second kappa shape index (κ2) is 14.5. The summed E-state index contributed by atoms with van der Waals surface area (Å²) in [5.41, 5.74) is 0.941. The molecule has 1 aromatic carbocycles. The van der Waals surface area contributed by atoms with Crippen molar-refractivity contribution >= 4 is 47.0 Å². The zero-order valence-electron chi connectivity index (χ0n) is 17.5. The van der Waals surface area contributed by atoms with Crippen LogP contribution in [0, 0.1) is 0 Å². The van der Waals surface area contributed by atoms with E-state index in [0.29, 0.717) is 13.2 Å². The molecule has 0 saturated heterocycles. The van der Waals surface area contributed by atoms with Gasteiger partial charge in [-0.25, -0.2) is 0 Å². The van der Waals surface area contributed by atoms with Crippen molar-refractivity contribution in [1.29, 1.82) is 0 Å². The Morgan fingerprint density at radius 2 is 2.00 bits per heavy atom. The lowest BCUT2D eigenvalue weighted by atomic mass is 10.2. The lowest BCUT2D eigenvalue weighted by Gasteiger charge is -2.14. The Morgan fingerprint density at radius 1 is 1.13 bits per heavy atom. The topological polar surface area (TPSA) is 64.1 Å². The first kappa shape index (κ1) is 24.7. The first-order chi connectivity index (χ1) is 14.3. The molecule has 3 rings (SSSR count). The molecule has 30 heavy (non-hydrogen) atoms. The molecule has 2 aromatic rings. The fourth-order valence-corrected chi connectivity index (χ4v) is 3.71. The van der Waals surface area contributed by atoms with Crippen LogP contribution in [-0.4, -0.2) is 46.0 Å². The number of ether oxygens (including phenoxy) is 3. The average Bonchev–Trinajstić information content (AvgIpc) is 3.14. The molecule has 0 radical (unpaired) electrons. The largest absolute Gasteiger partial charge is 0.490 e. The number of fused-ring (bicyclic) bond motifs is 1. The smallest absolute Gasteiger partial charge is 0.195 e. The number of methoxy groups -OCH3 is 1. The predicted octanol–water partition coefficient (Wildman–Crippen LogP) is 4.94. The van der Waals surface area contributed by atoms with Crippen LogP contribution >= 0.6 is 35.3 Å². The molecular formula is C22H32IN3O3S. The van der Waals surface area contributed by atoms with E-state index in [4.69, 9.17) is 19.2 Å². The van der Waals surface area contributed by atoms with Crippen LogP contribution in [0.15, 0.2) is 40.7 Å². The number of thiophene rings is 1. The number of hydrogen-bond donors (Lipinski definition) is 2. The molecule has 2 heterocycles. The summed E-state index contributed by atoms with van der Waals surface area (Å²) in [5, 5.41) is 8.98. The van der Waals surface area contributed by atoms with Crippen molar-refractivity contribution in [1.82, 2.24) is 5.32 Å². The first-order valence-corrected chi connectivity index (χ1v) is 11.2. The molecule has 2 N–H and O–H groups in total. The van der Waals surface area contributed by atoms with Gasteiger partial charge in [0.15, 0.2) is 17.5 Å². The monoisotopic (exact) mass is 545 g/mol. The molecule has 8 heteroatoms. The first-order valence-electron chi connectivity index (χ1n) is 10.3. The summed E-state index contributed by atoms with van der Waals surface area (Å²) in [6, 6.07) is 10.2. The normalized spacial score (nSPS) is 13.3. The minimum atomic E-state index is 0. The number of anilines is 1. The number of guanidine groups is 1. The van der Waals surface area contributed by atoms with Gasteiger partial charge in [0.2, 0.25) is 0 Å². The van der Waals surface area contributed by atoms with Gasteiger partial charge in [-0.05, 0) is 49.3 Å². The summed E-state index contributed by atoms with van der Waals surface area (Å²) in [7, 11) is 1.74. The SMILES string of the molecule is COCCCCCN=C(NCCc1cccs1)Nc1ccc2c(c1)OCCCO2.I. The van der Waals surface area contributed by atoms with E-state index in [9.17, 15) is 0 Å². The summed E-state index contributed by atoms with van der Waals surface area (Å²) in [6.07, 6.45) is 5.11. The van der Waals surface area contributed by atoms with Crippen molar-refractivity contribution < 1.29 is 14.2 Å². The highest BCUT2D eigenvalue weighted by atomic mass is 127. The minimum Gasteiger partial charge on any atom is -0.490 e. The van der Waals surface area contributed by atoms with Gasteiger partial charge in [0.25, 0.3) is 0 Å². The highest BCUT2D eigenvalue weighted by molar-refractivity contribution is 14.0. The Hall–Kier alpha value is -1.52. The van der Waals surface area contributed by atoms with Crippen molar-refractivity contribution in [2.24, 2.45) is 4.99 Å². The molecule has 166 valence electrons. The lowest BCUT2D eigenvalue weighted by Crippen LogP contribution is -2.32. The minimum absolute atomic E-state index is 0. The van der Waals surface area contributed by atoms with Crippen molar-refractivity contribution in [2.75, 3.05) is 45.3 Å². The standard InChI is InChI=1S/C22H31N3O3S.HI/c1-26-13-4-2-3-11-23-22(24-12-10-19-7-5-16-29-19)25-18-8-9-20-21(17-18)28-15-6-14-27-20;/h5,7-9,16-17H,2-4,6,10-15H2,1H3,(H2,23,24,25);1H. The third-order valence-corrected chi connectivity index (χ3v) is 5.47. The van der Waals surface area contributed by atoms with Crippen LogP contribution < -0.4 is 20.1 Å². The Morgan fingerprint density at radius 3 is 2.80 bits per heavy atom. The van der Waals surface area contributed by atoms with Crippen molar-refractivity contribution in [3.63, 3.8) is 0 Å². The maximum atomic E-state index is 5.80. The number of nitrogens with zero attached hydrogens (tertiary/aromatic N) is 1. The number of benzene rings is 1. The van der Waals surface area contributed by atoms with E-state index < -0.39 is 0 Å². The number of hydrogen-bond acceptors (Lipinski definition) is 5. The predicted molar refractivity (Wildman–Crippen MR) is 135 cm³/mol. The zero-order chi connectivity index (χ0) is 20.2. The molecule has 0 spiro atoms. The second-order valence-corrected chi connectivity index (χ2v) is 7.91. The molecule has 0 atom stereocenters. The highest BCUT2D eigenvalue weighted by Crippen LogP contribution is 2.32. The Balaban J connectivity index is 0.00000320. The number of halogens is 1. The number of nitrogens with one attached hydrogen (secondary N) is 2. The van der Waals surface area contributed by atoms with Gasteiger partial charge >= 0.3 is 0 Å². The molecule has 0 amide bonds. The molecule has 0 saturated carbocycles. The fourth-order valence-electron chi connectivity index (χ4n) is 3.00. The van der Waals surface area contributed by atoms with Crippen molar-refractivity contribution in [2.45, 2.75) is 32.1 Å². The molecule has 1 aliphatic heterocycles. The summed E-state index contributed by atoms with van der Waals surface area (Å²) >= 11 is 1.78. The Bertz CT molecular complexity index is 756. The van der Waals surface area contributed by atoms with Crippen molar-refractivity contribution in [3.8, 4) is 11.5 Å². The van der Waals surface area contributed by atoms with E-state index in [2.05, 4.69) is 28.1 Å². The summed E-state index contributed by atoms with van der Waals surface area (Å²) in [6.45, 7) is 3.80. The van der Waals surface area contributed by atoms with Crippen LogP contribution in [0.3, 0.4) is 0 Å². The van der Waals surface area contributed by atoms with Crippen LogP contribution in [0.1, 0.15) is 30.6 Å². The van der Waals surface area contributed by atoms with Gasteiger partial charge in [0.1, 0.15) is 0 Å². The maximum Gasteiger partial charge on any atom is 0.195 e. The van der Waals surface area contributed by atoms with E-state index in [1.807, 2.05) is 18.2 Å². The fraction of sp³-hybridized carbons (Fsp3) is 0.500. The van der Waals surface area contributed by atoms with Crippen molar-refractivity contribution in [3.05, 3.63) is 40.6 Å². The van der Waals surface area contributed by atoms with Gasteiger partial charge < -0.3 is 24.8 Å². The van der Waals surface area contributed by atoms with Crippen LogP contribution in [-0.2, 0) is 11.2 Å². The Labute approximate surface area is 200 Å². The summed E-state index contributed by atoms with van der Waals surface area (Å²) < 4.78 is 16.6. The maximum absolute atomic E-state index is 5.80. The molecule has 0 unspecified atom stereocenters. The quantitative estimate of drug-likeness (QED) is 0.192. The third-order valence-electron chi connectivity index (χ3n) is 4.53. The summed E-state index contributed by atoms with van der Waals surface area (Å²) in [5.74, 6) is 2.38. The van der Waals surface area contributed by atoms with Crippen LogP contribution in [0.25, 0.3) is 0 Å². The molecule has 0 bridgehead atoms. The molecule has 1 aromatic heterocycles. The van der Waals surface area contributed by atoms with E-state index in [1.165, 1.54) is 4.88 Å². The zero-order valence-corrected chi connectivity index (χ0v) is 20.7. The third kappa shape index (κ3) is 8.69. The van der Waals surface area contributed by atoms with E-state index in [1.54, 1.807) is 18.4 Å². The van der Waals surface area contributed by atoms with Crippen LogP contribution in [0.5, 0.6) is 11.5 Å². The van der Waals surface area contributed by atoms with Gasteiger partial charge in [-0.1, -0.05) is 6.07 Å². The van der Waals surface area contributed by atoms with E-state index in [0.717, 1.165) is 74.9 Å². The second-order valence-electron chi connectivity index (χ2n) is 6.88. The summed E-state index contributed by atoms with van der Waals surface area (Å²) in [4.78, 5) is 6.12. The van der Waals surface area contributed by atoms with Crippen LogP contribution in [0.4, 0.5) is 5.69 Å². The highest BCUT2D eigenvalue weighted by Gasteiger charge is 2.11. The number of aliphatic imine (C=N–C) groups is 1. The van der Waals surface area contributed by atoms with Crippen LogP contribution in [0.2, 0.25) is 0 Å². The van der Waals surface area contributed by atoms with Gasteiger partial charge in [-0.3, -0.25) is 4.99 Å². The van der Waals surface area contributed by atoms with Gasteiger partial charge in [0, 0.05) is 49.9 Å². The molecule has 0 aliphatic carbocycles. The van der Waals surface area contributed by atoms with Gasteiger partial charge in [0.05, 0.1) is 13.2 Å². The molecular weight excluding hydrogens is 513 g/mol. The lowest BCUT2D eigenvalue weighted by molar-refractivity contribution is 0.192. The van der Waals surface area contributed by atoms with E-state index >= 15 is 0 Å². The van der Waals surface area contributed by atoms with Gasteiger partial charge in [-0.2, -0.15) is 0 Å². The van der Waals surface area contributed by atoms with Gasteiger partial charge in [-0.15, -0.1) is 35.3 Å². The number of rotatable bonds is 10. The van der Waals surface area contributed by atoms with E-state index in [-0.39, 0.29) is 24.0 Å².